The molecule has 0 spiro atoms. The van der Waals surface area contributed by atoms with Crippen LogP contribution in [-0.4, -0.2) is 10.2 Å². The molecule has 0 N–H and O–H groups in total. The summed E-state index contributed by atoms with van der Waals surface area (Å²) in [7, 11) is 0. The van der Waals surface area contributed by atoms with Crippen LogP contribution in [0.25, 0.3) is 0 Å². The fourth-order valence-electron chi connectivity index (χ4n) is 2.29. The molecular weight excluding hydrogens is 232 g/mol. The van der Waals surface area contributed by atoms with Crippen LogP contribution in [0.2, 0.25) is 0 Å². The molecule has 0 aliphatic heterocycles. The molecule has 0 saturated carbocycles. The highest BCUT2D eigenvalue weighted by molar-refractivity contribution is 7.80. The summed E-state index contributed by atoms with van der Waals surface area (Å²) in [6.07, 6.45) is 8.45. The Balaban J connectivity index is 2.61. The smallest absolute Gasteiger partial charge is 0.273 e. The van der Waals surface area contributed by atoms with Crippen LogP contribution in [0.1, 0.15) is 71.6 Å². The number of rotatable bonds is 8. The predicted molar refractivity (Wildman–Crippen MR) is 72.6 cm³/mol. The Labute approximate surface area is 110 Å². The van der Waals surface area contributed by atoms with E-state index in [-0.39, 0.29) is 5.41 Å². The minimum absolute atomic E-state index is 0.0243. The molecule has 0 fully saturated rings. The quantitative estimate of drug-likeness (QED) is 0.554. The molecular formula is C13H24N2OS. The molecule has 3 nitrogen and oxygen atoms in total. The van der Waals surface area contributed by atoms with Gasteiger partial charge in [-0.05, 0) is 12.8 Å². The minimum atomic E-state index is 0.0243. The molecule has 98 valence electrons. The Hall–Kier alpha value is -0.510. The highest BCUT2D eigenvalue weighted by atomic mass is 32.1. The SMILES string of the molecule is CCCCCCC(C)(CCC)c1nnc(S)o1. The predicted octanol–water partition coefficient (Wildman–Crippen LogP) is 4.39. The van der Waals surface area contributed by atoms with Gasteiger partial charge in [-0.25, -0.2) is 0 Å². The number of hydrogen-bond acceptors (Lipinski definition) is 4. The van der Waals surface area contributed by atoms with Crippen molar-refractivity contribution >= 4 is 12.6 Å². The van der Waals surface area contributed by atoms with Crippen LogP contribution in [0.15, 0.2) is 9.64 Å². The van der Waals surface area contributed by atoms with Crippen LogP contribution < -0.4 is 0 Å². The van der Waals surface area contributed by atoms with Gasteiger partial charge in [0.15, 0.2) is 0 Å². The normalized spacial score (nSPS) is 14.8. The molecule has 0 amide bonds. The standard InChI is InChI=1S/C13H24N2OS/c1-4-6-7-8-10-13(3,9-5-2)11-14-15-12(17)16-11/h4-10H2,1-3H3,(H,15,17). The van der Waals surface area contributed by atoms with E-state index >= 15 is 0 Å². The number of hydrogen-bond donors (Lipinski definition) is 1. The van der Waals surface area contributed by atoms with Crippen LogP contribution in [-0.2, 0) is 5.41 Å². The van der Waals surface area contributed by atoms with Crippen molar-refractivity contribution in [1.82, 2.24) is 10.2 Å². The summed E-state index contributed by atoms with van der Waals surface area (Å²) in [6.45, 7) is 6.65. The van der Waals surface area contributed by atoms with Crippen molar-refractivity contribution < 1.29 is 4.42 Å². The summed E-state index contributed by atoms with van der Waals surface area (Å²) in [6, 6.07) is 0. The maximum atomic E-state index is 5.50. The van der Waals surface area contributed by atoms with Gasteiger partial charge in [0, 0.05) is 5.41 Å². The number of unbranched alkanes of at least 4 members (excludes halogenated alkanes) is 3. The Morgan fingerprint density at radius 2 is 1.82 bits per heavy atom. The van der Waals surface area contributed by atoms with Gasteiger partial charge in [0.05, 0.1) is 0 Å². The van der Waals surface area contributed by atoms with Crippen molar-refractivity contribution in [2.75, 3.05) is 0 Å². The van der Waals surface area contributed by atoms with E-state index in [2.05, 4.69) is 43.6 Å². The number of aromatic nitrogens is 2. The molecule has 1 unspecified atom stereocenters. The zero-order valence-electron chi connectivity index (χ0n) is 11.2. The molecule has 0 aromatic carbocycles. The molecule has 17 heavy (non-hydrogen) atoms. The molecule has 1 atom stereocenters. The van der Waals surface area contributed by atoms with Crippen LogP contribution >= 0.6 is 12.6 Å². The van der Waals surface area contributed by atoms with Crippen LogP contribution in [0.5, 0.6) is 0 Å². The largest absolute Gasteiger partial charge is 0.416 e. The molecule has 1 aromatic heterocycles. The molecule has 0 saturated heterocycles. The van der Waals surface area contributed by atoms with Gasteiger partial charge in [0.1, 0.15) is 0 Å². The third-order valence-electron chi connectivity index (χ3n) is 3.31. The Morgan fingerprint density at radius 1 is 1.06 bits per heavy atom. The van der Waals surface area contributed by atoms with E-state index in [0.29, 0.717) is 5.22 Å². The van der Waals surface area contributed by atoms with Gasteiger partial charge in [-0.15, -0.1) is 10.2 Å². The summed E-state index contributed by atoms with van der Waals surface area (Å²) in [4.78, 5) is 0. The van der Waals surface area contributed by atoms with E-state index in [1.54, 1.807) is 0 Å². The molecule has 0 radical (unpaired) electrons. The monoisotopic (exact) mass is 256 g/mol. The van der Waals surface area contributed by atoms with Gasteiger partial charge in [0.2, 0.25) is 5.89 Å². The van der Waals surface area contributed by atoms with E-state index in [1.807, 2.05) is 0 Å². The summed E-state index contributed by atoms with van der Waals surface area (Å²) in [5.41, 5.74) is 0.0243. The average molecular weight is 256 g/mol. The van der Waals surface area contributed by atoms with Gasteiger partial charge in [0.25, 0.3) is 5.22 Å². The maximum absolute atomic E-state index is 5.50. The van der Waals surface area contributed by atoms with E-state index in [1.165, 1.54) is 25.7 Å². The van der Waals surface area contributed by atoms with Crippen molar-refractivity contribution in [3.63, 3.8) is 0 Å². The van der Waals surface area contributed by atoms with Gasteiger partial charge in [-0.3, -0.25) is 0 Å². The van der Waals surface area contributed by atoms with E-state index in [9.17, 15) is 0 Å². The molecule has 1 aromatic rings. The van der Waals surface area contributed by atoms with Crippen molar-refractivity contribution in [3.8, 4) is 0 Å². The molecule has 1 heterocycles. The second kappa shape index (κ2) is 7.04. The summed E-state index contributed by atoms with van der Waals surface area (Å²) in [5.74, 6) is 0.751. The van der Waals surface area contributed by atoms with Gasteiger partial charge in [-0.1, -0.05) is 65.5 Å². The van der Waals surface area contributed by atoms with E-state index < -0.39 is 0 Å². The van der Waals surface area contributed by atoms with E-state index in [4.69, 9.17) is 4.42 Å². The van der Waals surface area contributed by atoms with Crippen molar-refractivity contribution in [2.24, 2.45) is 0 Å². The zero-order valence-corrected chi connectivity index (χ0v) is 12.1. The third kappa shape index (κ3) is 4.34. The topological polar surface area (TPSA) is 38.9 Å². The van der Waals surface area contributed by atoms with Crippen LogP contribution in [0.3, 0.4) is 0 Å². The lowest BCUT2D eigenvalue weighted by Gasteiger charge is -2.25. The Bertz CT molecular complexity index is 327. The zero-order chi connectivity index (χ0) is 12.7. The highest BCUT2D eigenvalue weighted by Crippen LogP contribution is 2.34. The molecule has 0 aliphatic rings. The summed E-state index contributed by atoms with van der Waals surface area (Å²) in [5, 5.41) is 8.34. The fourth-order valence-corrected chi connectivity index (χ4v) is 2.42. The van der Waals surface area contributed by atoms with Crippen LogP contribution in [0, 0.1) is 0 Å². The fraction of sp³-hybridized carbons (Fsp3) is 0.846. The third-order valence-corrected chi connectivity index (χ3v) is 3.50. The van der Waals surface area contributed by atoms with Gasteiger partial charge < -0.3 is 4.42 Å². The first kappa shape index (κ1) is 14.6. The number of thiol groups is 1. The molecule has 0 bridgehead atoms. The molecule has 1 rings (SSSR count). The summed E-state index contributed by atoms with van der Waals surface area (Å²) >= 11 is 4.09. The first-order valence-electron chi connectivity index (χ1n) is 6.65. The lowest BCUT2D eigenvalue weighted by molar-refractivity contribution is 0.274. The van der Waals surface area contributed by atoms with Crippen molar-refractivity contribution in [3.05, 3.63) is 5.89 Å². The van der Waals surface area contributed by atoms with E-state index in [0.717, 1.165) is 25.2 Å². The van der Waals surface area contributed by atoms with Crippen molar-refractivity contribution in [2.45, 2.75) is 76.4 Å². The lowest BCUT2D eigenvalue weighted by atomic mass is 9.80. The minimum Gasteiger partial charge on any atom is -0.416 e. The number of nitrogens with zero attached hydrogens (tertiary/aromatic N) is 2. The Kier molecular flexibility index (Phi) is 6.03. The average Bonchev–Trinajstić information content (AvgIpc) is 2.72. The molecule has 0 aliphatic carbocycles. The lowest BCUT2D eigenvalue weighted by Crippen LogP contribution is -2.22. The van der Waals surface area contributed by atoms with Gasteiger partial charge >= 0.3 is 0 Å². The summed E-state index contributed by atoms with van der Waals surface area (Å²) < 4.78 is 5.50. The first-order chi connectivity index (χ1) is 8.12. The van der Waals surface area contributed by atoms with Crippen LogP contribution in [0.4, 0.5) is 0 Å². The second-order valence-electron chi connectivity index (χ2n) is 5.01. The second-order valence-corrected chi connectivity index (χ2v) is 5.39. The van der Waals surface area contributed by atoms with Crippen molar-refractivity contribution in [1.29, 1.82) is 0 Å². The highest BCUT2D eigenvalue weighted by Gasteiger charge is 2.31. The Morgan fingerprint density at radius 3 is 2.35 bits per heavy atom. The maximum Gasteiger partial charge on any atom is 0.273 e. The first-order valence-corrected chi connectivity index (χ1v) is 7.10. The molecule has 4 heteroatoms. The van der Waals surface area contributed by atoms with Gasteiger partial charge in [-0.2, -0.15) is 0 Å².